The molecule has 1 fully saturated rings. The maximum Gasteiger partial charge on any atom is 0.163 e. The highest BCUT2D eigenvalue weighted by atomic mass is 19.2. The third-order valence-electron chi connectivity index (χ3n) is 4.42. The van der Waals surface area contributed by atoms with E-state index in [0.29, 0.717) is 11.5 Å². The van der Waals surface area contributed by atoms with Gasteiger partial charge in [0.15, 0.2) is 11.6 Å². The molecule has 0 aliphatic heterocycles. The van der Waals surface area contributed by atoms with Gasteiger partial charge in [0.05, 0.1) is 0 Å². The van der Waals surface area contributed by atoms with Gasteiger partial charge in [-0.3, -0.25) is 0 Å². The first-order valence-corrected chi connectivity index (χ1v) is 7.30. The lowest BCUT2D eigenvalue weighted by Crippen LogP contribution is -2.37. The first-order chi connectivity index (χ1) is 9.07. The predicted octanol–water partition coefficient (Wildman–Crippen LogP) is 4.50. The van der Waals surface area contributed by atoms with Crippen LogP contribution in [0.25, 0.3) is 0 Å². The maximum atomic E-state index is 14.0. The number of nitrogens with two attached hydrogens (primary N) is 1. The van der Waals surface area contributed by atoms with Crippen molar-refractivity contribution in [2.24, 2.45) is 11.7 Å². The van der Waals surface area contributed by atoms with E-state index >= 15 is 0 Å². The topological polar surface area (TPSA) is 26.0 Å². The van der Waals surface area contributed by atoms with Crippen molar-refractivity contribution >= 4 is 0 Å². The van der Waals surface area contributed by atoms with Crippen LogP contribution in [0.2, 0.25) is 0 Å². The van der Waals surface area contributed by atoms with E-state index in [4.69, 9.17) is 5.73 Å². The van der Waals surface area contributed by atoms with Crippen LogP contribution in [-0.2, 0) is 5.54 Å². The zero-order valence-corrected chi connectivity index (χ0v) is 11.6. The molecule has 0 bridgehead atoms. The fourth-order valence-corrected chi connectivity index (χ4v) is 3.29. The standard InChI is InChI=1S/C16H23F2N/c1-2-5-12-6-4-10-16(19,11-9-12)13-7-3-8-14(17)15(13)18/h3,7-8,12H,2,4-6,9-11,19H2,1H3. The molecule has 0 spiro atoms. The summed E-state index contributed by atoms with van der Waals surface area (Å²) < 4.78 is 27.3. The third-order valence-corrected chi connectivity index (χ3v) is 4.42. The molecule has 1 aliphatic rings. The fraction of sp³-hybridized carbons (Fsp3) is 0.625. The Labute approximate surface area is 114 Å². The molecule has 0 heterocycles. The summed E-state index contributed by atoms with van der Waals surface area (Å²) in [6.07, 6.45) is 7.05. The molecule has 0 amide bonds. The van der Waals surface area contributed by atoms with Crippen LogP contribution in [0.15, 0.2) is 18.2 Å². The number of benzene rings is 1. The minimum Gasteiger partial charge on any atom is -0.321 e. The molecule has 1 nitrogen and oxygen atoms in total. The number of halogens is 2. The fourth-order valence-electron chi connectivity index (χ4n) is 3.29. The molecule has 0 saturated heterocycles. The molecule has 1 saturated carbocycles. The molecule has 0 aromatic heterocycles. The number of hydrogen-bond acceptors (Lipinski definition) is 1. The minimum absolute atomic E-state index is 0.352. The zero-order chi connectivity index (χ0) is 13.9. The predicted molar refractivity (Wildman–Crippen MR) is 73.7 cm³/mol. The van der Waals surface area contributed by atoms with E-state index in [1.807, 2.05) is 0 Å². The van der Waals surface area contributed by atoms with Crippen LogP contribution in [0.5, 0.6) is 0 Å². The summed E-state index contributed by atoms with van der Waals surface area (Å²) in [6.45, 7) is 2.19. The highest BCUT2D eigenvalue weighted by Gasteiger charge is 2.33. The summed E-state index contributed by atoms with van der Waals surface area (Å²) in [5, 5.41) is 0. The quantitative estimate of drug-likeness (QED) is 0.802. The molecule has 1 aromatic carbocycles. The zero-order valence-electron chi connectivity index (χ0n) is 11.6. The van der Waals surface area contributed by atoms with Gasteiger partial charge in [-0.2, -0.15) is 0 Å². The van der Waals surface area contributed by atoms with Crippen molar-refractivity contribution in [3.05, 3.63) is 35.4 Å². The van der Waals surface area contributed by atoms with Crippen molar-refractivity contribution in [2.75, 3.05) is 0 Å². The highest BCUT2D eigenvalue weighted by molar-refractivity contribution is 5.27. The van der Waals surface area contributed by atoms with Gasteiger partial charge >= 0.3 is 0 Å². The van der Waals surface area contributed by atoms with Crippen LogP contribution in [-0.4, -0.2) is 0 Å². The van der Waals surface area contributed by atoms with Gasteiger partial charge in [0.1, 0.15) is 0 Å². The van der Waals surface area contributed by atoms with E-state index in [0.717, 1.165) is 38.2 Å². The summed E-state index contributed by atoms with van der Waals surface area (Å²) in [5.41, 5.74) is 6.05. The van der Waals surface area contributed by atoms with E-state index in [9.17, 15) is 8.78 Å². The molecule has 2 rings (SSSR count). The second kappa shape index (κ2) is 6.00. The molecule has 2 N–H and O–H groups in total. The lowest BCUT2D eigenvalue weighted by molar-refractivity contribution is 0.347. The molecule has 2 atom stereocenters. The number of rotatable bonds is 3. The molecule has 0 radical (unpaired) electrons. The Morgan fingerprint density at radius 1 is 1.26 bits per heavy atom. The average Bonchev–Trinajstić information content (AvgIpc) is 2.57. The third kappa shape index (κ3) is 3.14. The summed E-state index contributed by atoms with van der Waals surface area (Å²) in [5.74, 6) is -0.873. The summed E-state index contributed by atoms with van der Waals surface area (Å²) in [6, 6.07) is 4.34. The minimum atomic E-state index is -0.795. The van der Waals surface area contributed by atoms with Crippen molar-refractivity contribution in [1.82, 2.24) is 0 Å². The Morgan fingerprint density at radius 3 is 2.79 bits per heavy atom. The van der Waals surface area contributed by atoms with Crippen LogP contribution >= 0.6 is 0 Å². The smallest absolute Gasteiger partial charge is 0.163 e. The Morgan fingerprint density at radius 2 is 2.05 bits per heavy atom. The lowest BCUT2D eigenvalue weighted by Gasteiger charge is -2.29. The largest absolute Gasteiger partial charge is 0.321 e. The SMILES string of the molecule is CCCC1CCCC(N)(c2cccc(F)c2F)CC1. The van der Waals surface area contributed by atoms with Crippen molar-refractivity contribution < 1.29 is 8.78 Å². The Bertz CT molecular complexity index is 433. The van der Waals surface area contributed by atoms with Gasteiger partial charge in [0.2, 0.25) is 0 Å². The Kier molecular flexibility index (Phi) is 4.56. The molecular weight excluding hydrogens is 244 g/mol. The molecular formula is C16H23F2N. The van der Waals surface area contributed by atoms with Gasteiger partial charge in [-0.25, -0.2) is 8.78 Å². The normalized spacial score (nSPS) is 28.1. The van der Waals surface area contributed by atoms with Gasteiger partial charge < -0.3 is 5.73 Å². The van der Waals surface area contributed by atoms with Gasteiger partial charge in [-0.1, -0.05) is 44.7 Å². The van der Waals surface area contributed by atoms with Crippen LogP contribution < -0.4 is 5.73 Å². The molecule has 2 unspecified atom stereocenters. The molecule has 1 aliphatic carbocycles. The van der Waals surface area contributed by atoms with Gasteiger partial charge in [0.25, 0.3) is 0 Å². The van der Waals surface area contributed by atoms with E-state index in [2.05, 4.69) is 6.92 Å². The first-order valence-electron chi connectivity index (χ1n) is 7.30. The monoisotopic (exact) mass is 267 g/mol. The van der Waals surface area contributed by atoms with Crippen LogP contribution in [0.1, 0.15) is 57.4 Å². The molecule has 19 heavy (non-hydrogen) atoms. The van der Waals surface area contributed by atoms with Gasteiger partial charge in [-0.05, 0) is 31.2 Å². The van der Waals surface area contributed by atoms with E-state index in [1.54, 1.807) is 12.1 Å². The maximum absolute atomic E-state index is 14.0. The van der Waals surface area contributed by atoms with Crippen LogP contribution in [0.3, 0.4) is 0 Å². The van der Waals surface area contributed by atoms with Crippen molar-refractivity contribution in [3.8, 4) is 0 Å². The van der Waals surface area contributed by atoms with E-state index in [1.165, 1.54) is 12.8 Å². The van der Waals surface area contributed by atoms with Crippen molar-refractivity contribution in [3.63, 3.8) is 0 Å². The Hall–Kier alpha value is -0.960. The second-order valence-corrected chi connectivity index (χ2v) is 5.84. The first kappa shape index (κ1) is 14.4. The number of hydrogen-bond donors (Lipinski definition) is 1. The van der Waals surface area contributed by atoms with Crippen LogP contribution in [0, 0.1) is 17.6 Å². The Balaban J connectivity index is 2.20. The highest BCUT2D eigenvalue weighted by Crippen LogP contribution is 2.38. The van der Waals surface area contributed by atoms with Crippen molar-refractivity contribution in [2.45, 2.75) is 57.4 Å². The molecule has 1 aromatic rings. The summed E-state index contributed by atoms with van der Waals surface area (Å²) >= 11 is 0. The summed E-state index contributed by atoms with van der Waals surface area (Å²) in [4.78, 5) is 0. The van der Waals surface area contributed by atoms with Gasteiger partial charge in [0, 0.05) is 11.1 Å². The van der Waals surface area contributed by atoms with E-state index in [-0.39, 0.29) is 0 Å². The van der Waals surface area contributed by atoms with E-state index < -0.39 is 17.2 Å². The molecule has 3 heteroatoms. The van der Waals surface area contributed by atoms with Crippen LogP contribution in [0.4, 0.5) is 8.78 Å². The van der Waals surface area contributed by atoms with Crippen molar-refractivity contribution in [1.29, 1.82) is 0 Å². The summed E-state index contributed by atoms with van der Waals surface area (Å²) in [7, 11) is 0. The molecule has 106 valence electrons. The van der Waals surface area contributed by atoms with Gasteiger partial charge in [-0.15, -0.1) is 0 Å². The second-order valence-electron chi connectivity index (χ2n) is 5.84. The average molecular weight is 267 g/mol. The lowest BCUT2D eigenvalue weighted by atomic mass is 9.83.